The number of ether oxygens (including phenoxy) is 1. The fourth-order valence-electron chi connectivity index (χ4n) is 3.35. The lowest BCUT2D eigenvalue weighted by atomic mass is 9.99. The zero-order valence-corrected chi connectivity index (χ0v) is 15.5. The van der Waals surface area contributed by atoms with Gasteiger partial charge in [-0.15, -0.1) is 0 Å². The zero-order valence-electron chi connectivity index (χ0n) is 14.5. The van der Waals surface area contributed by atoms with Gasteiger partial charge >= 0.3 is 0 Å². The Hall–Kier alpha value is -2.23. The normalized spacial score (nSPS) is 23.3. The molecular weight excluding hydrogens is 350 g/mol. The highest BCUT2D eigenvalue weighted by molar-refractivity contribution is 7.51. The maximum absolute atomic E-state index is 14.0. The molecule has 0 saturated heterocycles. The number of carbonyl (C=O) groups excluding carboxylic acids is 1. The second-order valence-corrected chi connectivity index (χ2v) is 7.79. The van der Waals surface area contributed by atoms with Gasteiger partial charge in [0, 0.05) is 18.8 Å². The van der Waals surface area contributed by atoms with Crippen LogP contribution < -0.4 is 10.1 Å². The van der Waals surface area contributed by atoms with Crippen molar-refractivity contribution < 1.29 is 13.9 Å². The number of hydrogen-bond acceptors (Lipinski definition) is 3. The van der Waals surface area contributed by atoms with Crippen molar-refractivity contribution in [2.45, 2.75) is 12.2 Å². The number of halogens is 1. The van der Waals surface area contributed by atoms with Gasteiger partial charge in [0.15, 0.2) is 11.6 Å². The van der Waals surface area contributed by atoms with Crippen LogP contribution in [0.1, 0.15) is 12.0 Å². The summed E-state index contributed by atoms with van der Waals surface area (Å²) in [6, 6.07) is 4.84. The maximum Gasteiger partial charge on any atom is 0.252 e. The van der Waals surface area contributed by atoms with Crippen molar-refractivity contribution in [1.29, 1.82) is 0 Å². The van der Waals surface area contributed by atoms with Gasteiger partial charge in [0.05, 0.1) is 12.9 Å². The summed E-state index contributed by atoms with van der Waals surface area (Å²) in [5.41, 5.74) is 3.12. The molecule has 6 heteroatoms. The highest BCUT2D eigenvalue weighted by Gasteiger charge is 2.29. The Bertz CT molecular complexity index is 873. The largest absolute Gasteiger partial charge is 0.494 e. The van der Waals surface area contributed by atoms with Gasteiger partial charge in [-0.2, -0.15) is 0 Å². The summed E-state index contributed by atoms with van der Waals surface area (Å²) in [6.07, 6.45) is 10.9. The van der Waals surface area contributed by atoms with E-state index in [0.29, 0.717) is 8.58 Å². The molecule has 26 heavy (non-hydrogen) atoms. The van der Waals surface area contributed by atoms with Gasteiger partial charge in [0.2, 0.25) is 0 Å². The Balaban J connectivity index is 1.60. The minimum absolute atomic E-state index is 0.00118. The number of methoxy groups -OCH3 is 1. The van der Waals surface area contributed by atoms with Gasteiger partial charge in [-0.3, -0.25) is 4.79 Å². The Morgan fingerprint density at radius 1 is 1.38 bits per heavy atom. The number of carbonyl (C=O) groups is 1. The highest BCUT2D eigenvalue weighted by Crippen LogP contribution is 2.45. The van der Waals surface area contributed by atoms with Crippen LogP contribution in [0.15, 0.2) is 59.8 Å². The van der Waals surface area contributed by atoms with Crippen LogP contribution >= 0.6 is 8.58 Å². The molecule has 4 rings (SSSR count). The summed E-state index contributed by atoms with van der Waals surface area (Å²) in [5.74, 6) is -0.262. The lowest BCUT2D eigenvalue weighted by molar-refractivity contribution is -0.123. The molecule has 1 amide bonds. The molecule has 0 spiro atoms. The van der Waals surface area contributed by atoms with E-state index in [1.54, 1.807) is 23.1 Å². The van der Waals surface area contributed by atoms with Crippen LogP contribution in [0.25, 0.3) is 5.31 Å². The molecule has 1 N–H and O–H groups in total. The van der Waals surface area contributed by atoms with Crippen LogP contribution in [0.3, 0.4) is 0 Å². The van der Waals surface area contributed by atoms with E-state index in [-0.39, 0.29) is 17.4 Å². The Labute approximate surface area is 153 Å². The van der Waals surface area contributed by atoms with E-state index in [4.69, 9.17) is 4.74 Å². The Morgan fingerprint density at radius 3 is 3.00 bits per heavy atom. The molecular formula is C20H20FN2O2P. The molecule has 3 aliphatic rings. The first kappa shape index (κ1) is 17.2. The van der Waals surface area contributed by atoms with Gasteiger partial charge in [-0.05, 0) is 47.1 Å². The third-order valence-corrected chi connectivity index (χ3v) is 6.27. The number of hydrogen-bond donors (Lipinski definition) is 1. The number of nitrogens with one attached hydrogen (secondary N) is 1. The van der Waals surface area contributed by atoms with Gasteiger partial charge < -0.3 is 15.0 Å². The van der Waals surface area contributed by atoms with E-state index in [1.807, 2.05) is 6.20 Å². The number of fused-ring (bicyclic) bond motifs is 1. The molecule has 0 fully saturated rings. The lowest BCUT2D eigenvalue weighted by Gasteiger charge is -2.34. The van der Waals surface area contributed by atoms with Crippen molar-refractivity contribution in [3.63, 3.8) is 0 Å². The Kier molecular flexibility index (Phi) is 4.75. The quantitative estimate of drug-likeness (QED) is 0.830. The third kappa shape index (κ3) is 3.25. The SMILES string of the molecule is COc1ccc(C2=CC(=O)N3C=C(C4=CCNCC4)C=CC3P2)cc1F. The van der Waals surface area contributed by atoms with E-state index < -0.39 is 5.82 Å². The average Bonchev–Trinajstić information content (AvgIpc) is 2.68. The fourth-order valence-corrected chi connectivity index (χ4v) is 4.73. The summed E-state index contributed by atoms with van der Waals surface area (Å²) in [6.45, 7) is 1.83. The molecule has 1 aromatic carbocycles. The van der Waals surface area contributed by atoms with Crippen LogP contribution in [0, 0.1) is 5.82 Å². The van der Waals surface area contributed by atoms with Crippen LogP contribution in [-0.4, -0.2) is 36.8 Å². The number of nitrogens with zero attached hydrogens (tertiary/aromatic N) is 1. The minimum Gasteiger partial charge on any atom is -0.494 e. The van der Waals surface area contributed by atoms with Gasteiger partial charge in [-0.25, -0.2) is 4.39 Å². The lowest BCUT2D eigenvalue weighted by Crippen LogP contribution is -2.35. The fraction of sp³-hybridized carbons (Fsp3) is 0.250. The second kappa shape index (κ2) is 7.18. The molecule has 0 saturated carbocycles. The monoisotopic (exact) mass is 370 g/mol. The van der Waals surface area contributed by atoms with Gasteiger partial charge in [0.25, 0.3) is 5.91 Å². The molecule has 2 unspecified atom stereocenters. The summed E-state index contributed by atoms with van der Waals surface area (Å²) in [4.78, 5) is 14.5. The van der Waals surface area contributed by atoms with Crippen molar-refractivity contribution in [1.82, 2.24) is 10.2 Å². The predicted octanol–water partition coefficient (Wildman–Crippen LogP) is 3.40. The molecule has 3 aliphatic heterocycles. The van der Waals surface area contributed by atoms with E-state index in [2.05, 4.69) is 23.5 Å². The predicted molar refractivity (Wildman–Crippen MR) is 103 cm³/mol. The van der Waals surface area contributed by atoms with E-state index >= 15 is 0 Å². The highest BCUT2D eigenvalue weighted by atomic mass is 31.1. The molecule has 3 heterocycles. The van der Waals surface area contributed by atoms with Crippen molar-refractivity contribution in [2.75, 3.05) is 20.2 Å². The number of benzene rings is 1. The van der Waals surface area contributed by atoms with E-state index in [0.717, 1.165) is 36.0 Å². The van der Waals surface area contributed by atoms with Crippen molar-refractivity contribution in [3.05, 3.63) is 71.2 Å². The Morgan fingerprint density at radius 2 is 2.27 bits per heavy atom. The summed E-state index contributed by atoms with van der Waals surface area (Å²) in [7, 11) is 1.81. The van der Waals surface area contributed by atoms with Crippen LogP contribution in [-0.2, 0) is 4.79 Å². The third-order valence-electron chi connectivity index (χ3n) is 4.76. The van der Waals surface area contributed by atoms with Gasteiger partial charge in [0.1, 0.15) is 0 Å². The van der Waals surface area contributed by atoms with Gasteiger partial charge in [-0.1, -0.05) is 32.9 Å². The first-order chi connectivity index (χ1) is 12.7. The topological polar surface area (TPSA) is 41.6 Å². The zero-order chi connectivity index (χ0) is 18.1. The summed E-state index contributed by atoms with van der Waals surface area (Å²) >= 11 is 0. The number of allylic oxidation sites excluding steroid dienone is 2. The molecule has 4 nitrogen and oxygen atoms in total. The molecule has 0 bridgehead atoms. The van der Waals surface area contributed by atoms with Crippen molar-refractivity contribution >= 4 is 19.8 Å². The summed E-state index contributed by atoms with van der Waals surface area (Å²) < 4.78 is 19.0. The second-order valence-electron chi connectivity index (χ2n) is 6.37. The molecule has 134 valence electrons. The van der Waals surface area contributed by atoms with Crippen LogP contribution in [0.5, 0.6) is 5.75 Å². The maximum atomic E-state index is 14.0. The first-order valence-corrected chi connectivity index (χ1v) is 9.68. The average molecular weight is 370 g/mol. The molecule has 0 aliphatic carbocycles. The molecule has 1 aromatic rings. The van der Waals surface area contributed by atoms with Crippen molar-refractivity contribution in [3.8, 4) is 5.75 Å². The first-order valence-electron chi connectivity index (χ1n) is 8.60. The smallest absolute Gasteiger partial charge is 0.252 e. The standard InChI is InChI=1S/C20H20FN2O2P/c1-25-17-4-2-14(10-16(17)21)18-11-19(24)23-12-15(3-5-20(23)26-18)13-6-8-22-9-7-13/h2-6,10-12,20,22,26H,7-9H2,1H3. The summed E-state index contributed by atoms with van der Waals surface area (Å²) in [5, 5.41) is 4.17. The van der Waals surface area contributed by atoms with E-state index in [1.165, 1.54) is 18.7 Å². The van der Waals surface area contributed by atoms with E-state index in [9.17, 15) is 9.18 Å². The molecule has 0 aromatic heterocycles. The number of rotatable bonds is 3. The van der Waals surface area contributed by atoms with Crippen LogP contribution in [0.4, 0.5) is 4.39 Å². The van der Waals surface area contributed by atoms with Crippen molar-refractivity contribution in [2.24, 2.45) is 0 Å². The molecule has 2 atom stereocenters. The molecule has 0 radical (unpaired) electrons. The minimum atomic E-state index is -0.412. The van der Waals surface area contributed by atoms with Crippen LogP contribution in [0.2, 0.25) is 0 Å². The number of amides is 1.